The van der Waals surface area contributed by atoms with E-state index in [1.807, 2.05) is 19.2 Å². The Hall–Kier alpha value is -1.13. The molecule has 0 unspecified atom stereocenters. The fourth-order valence-corrected chi connectivity index (χ4v) is 2.23. The summed E-state index contributed by atoms with van der Waals surface area (Å²) in [6.45, 7) is 6.43. The monoisotopic (exact) mass is 281 g/mol. The number of aromatic nitrogens is 3. The van der Waals surface area contributed by atoms with Gasteiger partial charge >= 0.3 is 0 Å². The Kier molecular flexibility index (Phi) is 5.16. The molecule has 0 radical (unpaired) electrons. The van der Waals surface area contributed by atoms with Crippen molar-refractivity contribution >= 4 is 22.8 Å². The lowest BCUT2D eigenvalue weighted by Gasteiger charge is -2.07. The van der Waals surface area contributed by atoms with Crippen LogP contribution in [-0.4, -0.2) is 27.7 Å². The molecule has 0 saturated carbocycles. The number of alkyl halides is 1. The van der Waals surface area contributed by atoms with E-state index in [1.165, 1.54) is 0 Å². The van der Waals surface area contributed by atoms with E-state index < -0.39 is 0 Å². The van der Waals surface area contributed by atoms with Crippen molar-refractivity contribution in [1.29, 1.82) is 0 Å². The molecule has 0 aliphatic rings. The number of halogens is 1. The number of imidazole rings is 1. The van der Waals surface area contributed by atoms with Crippen molar-refractivity contribution in [2.24, 2.45) is 0 Å². The van der Waals surface area contributed by atoms with Gasteiger partial charge in [0.1, 0.15) is 11.3 Å². The third kappa shape index (κ3) is 3.25. The summed E-state index contributed by atoms with van der Waals surface area (Å²) in [6.07, 6.45) is 4.07. The molecule has 0 atom stereocenters. The fourth-order valence-electron chi connectivity index (χ4n) is 2.02. The Morgan fingerprint density at radius 3 is 2.95 bits per heavy atom. The molecule has 0 amide bonds. The van der Waals surface area contributed by atoms with Gasteiger partial charge in [0.25, 0.3) is 0 Å². The van der Waals surface area contributed by atoms with Gasteiger partial charge in [-0.3, -0.25) is 0 Å². The first-order valence-corrected chi connectivity index (χ1v) is 7.25. The summed E-state index contributed by atoms with van der Waals surface area (Å²) in [4.78, 5) is 8.97. The van der Waals surface area contributed by atoms with Crippen molar-refractivity contribution in [2.45, 2.75) is 39.1 Å². The van der Waals surface area contributed by atoms with Crippen LogP contribution in [0.4, 0.5) is 0 Å². The van der Waals surface area contributed by atoms with E-state index >= 15 is 0 Å². The Morgan fingerprint density at radius 1 is 1.37 bits per heavy atom. The molecule has 0 N–H and O–H groups in total. The van der Waals surface area contributed by atoms with Crippen molar-refractivity contribution in [1.82, 2.24) is 14.5 Å². The van der Waals surface area contributed by atoms with Crippen molar-refractivity contribution in [3.05, 3.63) is 23.7 Å². The van der Waals surface area contributed by atoms with Crippen LogP contribution in [0, 0.1) is 6.92 Å². The van der Waals surface area contributed by atoms with Crippen LogP contribution >= 0.6 is 11.6 Å². The first-order valence-electron chi connectivity index (χ1n) is 6.72. The van der Waals surface area contributed by atoms with Crippen LogP contribution in [0.15, 0.2) is 12.3 Å². The standard InChI is InChI=1S/C14H20ClN3O/c1-3-4-8-19-9-7-18-12(10-15)17-13-11(2)5-6-16-14(13)18/h5-6H,3-4,7-10H2,1-2H3. The Labute approximate surface area is 118 Å². The van der Waals surface area contributed by atoms with Crippen molar-refractivity contribution in [3.63, 3.8) is 0 Å². The molecule has 0 saturated heterocycles. The molecule has 0 fully saturated rings. The van der Waals surface area contributed by atoms with Gasteiger partial charge in [0.2, 0.25) is 0 Å². The minimum atomic E-state index is 0.394. The van der Waals surface area contributed by atoms with Crippen LogP contribution in [0.1, 0.15) is 31.2 Å². The highest BCUT2D eigenvalue weighted by molar-refractivity contribution is 6.16. The Bertz CT molecular complexity index is 539. The maximum Gasteiger partial charge on any atom is 0.160 e. The Morgan fingerprint density at radius 2 is 2.21 bits per heavy atom. The summed E-state index contributed by atoms with van der Waals surface area (Å²) in [7, 11) is 0. The topological polar surface area (TPSA) is 39.9 Å². The molecule has 0 aromatic carbocycles. The van der Waals surface area contributed by atoms with Crippen LogP contribution in [-0.2, 0) is 17.2 Å². The zero-order valence-electron chi connectivity index (χ0n) is 11.5. The van der Waals surface area contributed by atoms with Gasteiger partial charge in [-0.05, 0) is 25.0 Å². The molecule has 0 aliphatic heterocycles. The first-order chi connectivity index (χ1) is 9.27. The largest absolute Gasteiger partial charge is 0.380 e. The minimum absolute atomic E-state index is 0.394. The second-order valence-corrected chi connectivity index (χ2v) is 4.85. The third-order valence-electron chi connectivity index (χ3n) is 3.14. The number of pyridine rings is 1. The molecule has 2 heterocycles. The van der Waals surface area contributed by atoms with E-state index in [9.17, 15) is 0 Å². The highest BCUT2D eigenvalue weighted by atomic mass is 35.5. The maximum absolute atomic E-state index is 5.97. The number of fused-ring (bicyclic) bond motifs is 1. The average Bonchev–Trinajstić information content (AvgIpc) is 2.78. The van der Waals surface area contributed by atoms with Gasteiger partial charge in [0.05, 0.1) is 12.5 Å². The molecule has 5 heteroatoms. The average molecular weight is 282 g/mol. The fraction of sp³-hybridized carbons (Fsp3) is 0.571. The molecule has 2 aromatic rings. The number of aryl methyl sites for hydroxylation is 1. The molecule has 4 nitrogen and oxygen atoms in total. The zero-order valence-corrected chi connectivity index (χ0v) is 12.3. The number of hydrogen-bond acceptors (Lipinski definition) is 3. The summed E-state index contributed by atoms with van der Waals surface area (Å²) >= 11 is 5.97. The molecule has 0 bridgehead atoms. The lowest BCUT2D eigenvalue weighted by molar-refractivity contribution is 0.123. The van der Waals surface area contributed by atoms with Crippen LogP contribution in [0.2, 0.25) is 0 Å². The van der Waals surface area contributed by atoms with E-state index in [0.717, 1.165) is 48.5 Å². The Balaban J connectivity index is 2.14. The molecule has 2 aromatic heterocycles. The smallest absolute Gasteiger partial charge is 0.160 e. The highest BCUT2D eigenvalue weighted by Gasteiger charge is 2.12. The molecule has 0 aliphatic carbocycles. The SMILES string of the molecule is CCCCOCCn1c(CCl)nc2c(C)ccnc21. The van der Waals surface area contributed by atoms with Gasteiger partial charge in [0.15, 0.2) is 5.65 Å². The van der Waals surface area contributed by atoms with Crippen LogP contribution in [0.5, 0.6) is 0 Å². The summed E-state index contributed by atoms with van der Waals surface area (Å²) in [5.74, 6) is 1.25. The maximum atomic E-state index is 5.97. The number of ether oxygens (including phenoxy) is 1. The van der Waals surface area contributed by atoms with Crippen molar-refractivity contribution < 1.29 is 4.74 Å². The quantitative estimate of drug-likeness (QED) is 0.577. The lowest BCUT2D eigenvalue weighted by Crippen LogP contribution is -2.09. The van der Waals surface area contributed by atoms with Gasteiger partial charge in [0, 0.05) is 19.3 Å². The summed E-state index contributed by atoms with van der Waals surface area (Å²) in [6, 6.07) is 1.97. The van der Waals surface area contributed by atoms with Gasteiger partial charge in [-0.15, -0.1) is 11.6 Å². The lowest BCUT2D eigenvalue weighted by atomic mass is 10.3. The normalized spacial score (nSPS) is 11.3. The van der Waals surface area contributed by atoms with Crippen LogP contribution < -0.4 is 0 Å². The molecule has 2 rings (SSSR count). The van der Waals surface area contributed by atoms with Gasteiger partial charge in [-0.1, -0.05) is 13.3 Å². The number of nitrogens with zero attached hydrogens (tertiary/aromatic N) is 3. The number of rotatable bonds is 7. The van der Waals surface area contributed by atoms with Crippen molar-refractivity contribution in [3.8, 4) is 0 Å². The molecular formula is C14H20ClN3O. The van der Waals surface area contributed by atoms with Gasteiger partial charge in [-0.2, -0.15) is 0 Å². The van der Waals surface area contributed by atoms with Crippen LogP contribution in [0.3, 0.4) is 0 Å². The molecular weight excluding hydrogens is 262 g/mol. The summed E-state index contributed by atoms with van der Waals surface area (Å²) in [5, 5.41) is 0. The van der Waals surface area contributed by atoms with E-state index in [0.29, 0.717) is 12.5 Å². The van der Waals surface area contributed by atoms with E-state index in [2.05, 4.69) is 21.5 Å². The second-order valence-electron chi connectivity index (χ2n) is 4.58. The van der Waals surface area contributed by atoms with E-state index in [4.69, 9.17) is 16.3 Å². The molecule has 19 heavy (non-hydrogen) atoms. The van der Waals surface area contributed by atoms with E-state index in [1.54, 1.807) is 0 Å². The third-order valence-corrected chi connectivity index (χ3v) is 3.37. The first kappa shape index (κ1) is 14.3. The predicted octanol–water partition coefficient (Wildman–Crippen LogP) is 3.30. The number of hydrogen-bond donors (Lipinski definition) is 0. The molecule has 104 valence electrons. The summed E-state index contributed by atoms with van der Waals surface area (Å²) < 4.78 is 7.66. The summed E-state index contributed by atoms with van der Waals surface area (Å²) in [5.41, 5.74) is 2.96. The van der Waals surface area contributed by atoms with Crippen molar-refractivity contribution in [2.75, 3.05) is 13.2 Å². The van der Waals surface area contributed by atoms with E-state index in [-0.39, 0.29) is 0 Å². The van der Waals surface area contributed by atoms with Gasteiger partial charge in [-0.25, -0.2) is 9.97 Å². The highest BCUT2D eigenvalue weighted by Crippen LogP contribution is 2.18. The zero-order chi connectivity index (χ0) is 13.7. The second kappa shape index (κ2) is 6.87. The number of unbranched alkanes of at least 4 members (excludes halogenated alkanes) is 1. The predicted molar refractivity (Wildman–Crippen MR) is 77.5 cm³/mol. The minimum Gasteiger partial charge on any atom is -0.380 e. The van der Waals surface area contributed by atoms with Crippen LogP contribution in [0.25, 0.3) is 11.2 Å². The molecule has 0 spiro atoms. The van der Waals surface area contributed by atoms with Gasteiger partial charge < -0.3 is 9.30 Å².